The molecule has 0 saturated carbocycles. The summed E-state index contributed by atoms with van der Waals surface area (Å²) >= 11 is 0. The summed E-state index contributed by atoms with van der Waals surface area (Å²) in [5.74, 6) is 0. The van der Waals surface area contributed by atoms with Crippen molar-refractivity contribution in [1.82, 2.24) is 20.0 Å². The minimum atomic E-state index is -0.216. The van der Waals surface area contributed by atoms with Gasteiger partial charge in [-0.15, -0.1) is 0 Å². The summed E-state index contributed by atoms with van der Waals surface area (Å²) in [5, 5.41) is 16.0. The molecule has 0 bridgehead atoms. The van der Waals surface area contributed by atoms with Gasteiger partial charge in [0.1, 0.15) is 0 Å². The highest BCUT2D eigenvalue weighted by atomic mass is 16.3. The number of aromatic nitrogens is 2. The molecule has 0 fully saturated rings. The van der Waals surface area contributed by atoms with Gasteiger partial charge in [0.2, 0.25) is 0 Å². The zero-order valence-corrected chi connectivity index (χ0v) is 12.2. The Kier molecular flexibility index (Phi) is 4.94. The third-order valence-electron chi connectivity index (χ3n) is 3.28. The number of rotatable bonds is 5. The van der Waals surface area contributed by atoms with Crippen LogP contribution in [0.5, 0.6) is 0 Å². The van der Waals surface area contributed by atoms with Gasteiger partial charge in [-0.05, 0) is 24.6 Å². The van der Waals surface area contributed by atoms with Gasteiger partial charge < -0.3 is 15.3 Å². The van der Waals surface area contributed by atoms with Crippen LogP contribution >= 0.6 is 0 Å². The van der Waals surface area contributed by atoms with Crippen molar-refractivity contribution in [1.29, 1.82) is 0 Å². The van der Waals surface area contributed by atoms with Gasteiger partial charge >= 0.3 is 6.03 Å². The number of urea groups is 1. The predicted molar refractivity (Wildman–Crippen MR) is 80.2 cm³/mol. The van der Waals surface area contributed by atoms with Gasteiger partial charge in [-0.3, -0.25) is 0 Å². The number of carbonyl (C=O) groups excluding carboxylic acids is 1. The fraction of sp³-hybridized carbons (Fsp3) is 0.333. The zero-order valence-electron chi connectivity index (χ0n) is 12.2. The van der Waals surface area contributed by atoms with E-state index in [1.54, 1.807) is 17.9 Å². The Morgan fingerprint density at radius 1 is 1.43 bits per heavy atom. The van der Waals surface area contributed by atoms with Crippen LogP contribution in [0, 0.1) is 0 Å². The zero-order chi connectivity index (χ0) is 15.2. The molecule has 2 N–H and O–H groups in total. The van der Waals surface area contributed by atoms with Gasteiger partial charge in [-0.25, -0.2) is 9.48 Å². The third-order valence-corrected chi connectivity index (χ3v) is 3.28. The lowest BCUT2D eigenvalue weighted by Crippen LogP contribution is -2.40. The molecule has 0 saturated heterocycles. The van der Waals surface area contributed by atoms with E-state index in [1.807, 2.05) is 43.5 Å². The maximum atomic E-state index is 12.0. The number of carbonyl (C=O) groups is 1. The van der Waals surface area contributed by atoms with Crippen molar-refractivity contribution < 1.29 is 9.90 Å². The molecule has 2 rings (SSSR count). The summed E-state index contributed by atoms with van der Waals surface area (Å²) in [6.45, 7) is 2.18. The van der Waals surface area contributed by atoms with Crippen LogP contribution in [0.15, 0.2) is 42.7 Å². The Balaban J connectivity index is 2.16. The molecule has 6 heteroatoms. The molecular formula is C15H20N4O2. The van der Waals surface area contributed by atoms with E-state index in [0.29, 0.717) is 6.54 Å². The summed E-state index contributed by atoms with van der Waals surface area (Å²) in [6, 6.07) is 9.27. The van der Waals surface area contributed by atoms with Gasteiger partial charge in [-0.1, -0.05) is 18.2 Å². The highest BCUT2D eigenvalue weighted by Gasteiger charge is 2.16. The number of hydrogen-bond acceptors (Lipinski definition) is 3. The lowest BCUT2D eigenvalue weighted by molar-refractivity contribution is 0.188. The van der Waals surface area contributed by atoms with Crippen LogP contribution in [-0.4, -0.2) is 46.0 Å². The Bertz CT molecular complexity index is 583. The average molecular weight is 288 g/mol. The molecule has 0 aliphatic carbocycles. The van der Waals surface area contributed by atoms with Crippen molar-refractivity contribution in [2.45, 2.75) is 13.0 Å². The lowest BCUT2D eigenvalue weighted by atomic mass is 10.1. The molecule has 1 aromatic carbocycles. The molecule has 2 amide bonds. The van der Waals surface area contributed by atoms with E-state index in [9.17, 15) is 4.79 Å². The van der Waals surface area contributed by atoms with Gasteiger partial charge in [0.15, 0.2) is 0 Å². The molecule has 0 aliphatic heterocycles. The quantitative estimate of drug-likeness (QED) is 0.877. The van der Waals surface area contributed by atoms with E-state index >= 15 is 0 Å². The van der Waals surface area contributed by atoms with Crippen molar-refractivity contribution in [3.8, 4) is 5.69 Å². The second kappa shape index (κ2) is 6.90. The summed E-state index contributed by atoms with van der Waals surface area (Å²) < 4.78 is 1.77. The molecule has 2 aromatic rings. The maximum absolute atomic E-state index is 12.0. The van der Waals surface area contributed by atoms with E-state index in [0.717, 1.165) is 11.3 Å². The van der Waals surface area contributed by atoms with Crippen LogP contribution in [0.4, 0.5) is 4.79 Å². The monoisotopic (exact) mass is 288 g/mol. The summed E-state index contributed by atoms with van der Waals surface area (Å²) in [6.07, 6.45) is 3.58. The number of nitrogens with one attached hydrogen (secondary N) is 1. The van der Waals surface area contributed by atoms with Gasteiger partial charge in [0.25, 0.3) is 0 Å². The molecule has 0 aliphatic rings. The van der Waals surface area contributed by atoms with Gasteiger partial charge in [0, 0.05) is 26.0 Å². The SMILES string of the molecule is CC(NC(=O)N(C)CCO)c1ccccc1-n1cccn1. The summed E-state index contributed by atoms with van der Waals surface area (Å²) in [5.41, 5.74) is 1.91. The van der Waals surface area contributed by atoms with Crippen LogP contribution in [0.25, 0.3) is 5.69 Å². The number of nitrogens with zero attached hydrogens (tertiary/aromatic N) is 3. The normalized spacial score (nSPS) is 12.0. The van der Waals surface area contributed by atoms with Gasteiger partial charge in [0.05, 0.1) is 18.3 Å². The molecule has 1 atom stereocenters. The number of likely N-dealkylation sites (N-methyl/N-ethyl adjacent to an activating group) is 1. The van der Waals surface area contributed by atoms with E-state index in [2.05, 4.69) is 10.4 Å². The number of aliphatic hydroxyl groups excluding tert-OH is 1. The first-order valence-corrected chi connectivity index (χ1v) is 6.85. The number of amides is 2. The highest BCUT2D eigenvalue weighted by Crippen LogP contribution is 2.21. The number of para-hydroxylation sites is 1. The standard InChI is InChI=1S/C15H20N4O2/c1-12(17-15(21)18(2)10-11-20)13-6-3-4-7-14(13)19-9-5-8-16-19/h3-9,12,20H,10-11H2,1-2H3,(H,17,21). The smallest absolute Gasteiger partial charge is 0.317 e. The van der Waals surface area contributed by atoms with E-state index < -0.39 is 0 Å². The van der Waals surface area contributed by atoms with Crippen LogP contribution in [0.3, 0.4) is 0 Å². The number of benzene rings is 1. The summed E-state index contributed by atoms with van der Waals surface area (Å²) in [4.78, 5) is 13.4. The predicted octanol–water partition coefficient (Wildman–Crippen LogP) is 1.57. The van der Waals surface area contributed by atoms with Crippen molar-refractivity contribution >= 4 is 6.03 Å². The first-order valence-electron chi connectivity index (χ1n) is 6.85. The lowest BCUT2D eigenvalue weighted by Gasteiger charge is -2.22. The van der Waals surface area contributed by atoms with Crippen LogP contribution in [0.2, 0.25) is 0 Å². The molecule has 1 aromatic heterocycles. The number of aliphatic hydroxyl groups is 1. The van der Waals surface area contributed by atoms with E-state index in [1.165, 1.54) is 4.90 Å². The largest absolute Gasteiger partial charge is 0.395 e. The molecule has 1 unspecified atom stereocenters. The fourth-order valence-electron chi connectivity index (χ4n) is 2.10. The molecule has 6 nitrogen and oxygen atoms in total. The second-order valence-electron chi connectivity index (χ2n) is 4.83. The van der Waals surface area contributed by atoms with Gasteiger partial charge in [-0.2, -0.15) is 5.10 Å². The van der Waals surface area contributed by atoms with Crippen LogP contribution in [0.1, 0.15) is 18.5 Å². The minimum absolute atomic E-state index is 0.0534. The Labute approximate surface area is 124 Å². The molecule has 0 radical (unpaired) electrons. The first-order chi connectivity index (χ1) is 10.1. The topological polar surface area (TPSA) is 70.4 Å². The molecule has 0 spiro atoms. The molecule has 112 valence electrons. The average Bonchev–Trinajstić information content (AvgIpc) is 3.01. The Hall–Kier alpha value is -2.34. The highest BCUT2D eigenvalue weighted by molar-refractivity contribution is 5.74. The Morgan fingerprint density at radius 2 is 2.19 bits per heavy atom. The molecule has 21 heavy (non-hydrogen) atoms. The summed E-state index contributed by atoms with van der Waals surface area (Å²) in [7, 11) is 1.65. The third kappa shape index (κ3) is 3.61. The molecular weight excluding hydrogens is 268 g/mol. The first kappa shape index (κ1) is 15.1. The second-order valence-corrected chi connectivity index (χ2v) is 4.83. The maximum Gasteiger partial charge on any atom is 0.317 e. The fourth-order valence-corrected chi connectivity index (χ4v) is 2.10. The minimum Gasteiger partial charge on any atom is -0.395 e. The van der Waals surface area contributed by atoms with Crippen molar-refractivity contribution in [3.05, 3.63) is 48.3 Å². The van der Waals surface area contributed by atoms with Crippen LogP contribution < -0.4 is 5.32 Å². The molecule has 1 heterocycles. The number of hydrogen-bond donors (Lipinski definition) is 2. The van der Waals surface area contributed by atoms with Crippen LogP contribution in [-0.2, 0) is 0 Å². The van der Waals surface area contributed by atoms with Crippen molar-refractivity contribution in [3.63, 3.8) is 0 Å². The van der Waals surface area contributed by atoms with Crippen molar-refractivity contribution in [2.24, 2.45) is 0 Å². The van der Waals surface area contributed by atoms with Crippen molar-refractivity contribution in [2.75, 3.05) is 20.2 Å². The van der Waals surface area contributed by atoms with E-state index in [4.69, 9.17) is 5.11 Å². The van der Waals surface area contributed by atoms with E-state index in [-0.39, 0.29) is 18.7 Å². The Morgan fingerprint density at radius 3 is 2.86 bits per heavy atom.